The molecule has 1 fully saturated rings. The van der Waals surface area contributed by atoms with E-state index in [0.29, 0.717) is 5.41 Å². The highest BCUT2D eigenvalue weighted by Gasteiger charge is 2.50. The summed E-state index contributed by atoms with van der Waals surface area (Å²) in [6, 6.07) is 7.99. The van der Waals surface area contributed by atoms with Crippen molar-refractivity contribution in [1.29, 1.82) is 0 Å². The smallest absolute Gasteiger partial charge is 0.174 e. The van der Waals surface area contributed by atoms with Gasteiger partial charge in [-0.1, -0.05) is 60.7 Å². The first-order chi connectivity index (χ1) is 12.1. The molecule has 3 aliphatic rings. The Bertz CT molecular complexity index is 796. The summed E-state index contributed by atoms with van der Waals surface area (Å²) in [5.74, 6) is 3.67. The number of allylic oxidation sites excluding steroid dienone is 2. The molecule has 0 aliphatic heterocycles. The maximum absolute atomic E-state index is 5.43. The van der Waals surface area contributed by atoms with Gasteiger partial charge in [0.2, 0.25) is 0 Å². The van der Waals surface area contributed by atoms with Crippen LogP contribution in [0, 0.1) is 17.3 Å². The molecule has 2 unspecified atom stereocenters. The van der Waals surface area contributed by atoms with Crippen LogP contribution in [-0.4, -0.2) is 23.1 Å². The summed E-state index contributed by atoms with van der Waals surface area (Å²) in [6.45, 7) is 4.88. The molecule has 0 saturated heterocycles. The molecule has 2 aromatic rings. The molecule has 0 radical (unpaired) electrons. The van der Waals surface area contributed by atoms with Crippen LogP contribution in [0.25, 0.3) is 10.6 Å². The zero-order valence-electron chi connectivity index (χ0n) is 15.0. The van der Waals surface area contributed by atoms with E-state index in [9.17, 15) is 0 Å². The molecular weight excluding hydrogens is 348 g/mol. The molecule has 0 N–H and O–H groups in total. The fraction of sp³-hybridized carbons (Fsp3) is 0.500. The first kappa shape index (κ1) is 17.1. The quantitative estimate of drug-likeness (QED) is 0.482. The lowest BCUT2D eigenvalue weighted by molar-refractivity contribution is -0.00767. The minimum absolute atomic E-state index is 0.522. The fourth-order valence-corrected chi connectivity index (χ4v) is 6.15. The number of hydrogen-bond acceptors (Lipinski definition) is 5. The van der Waals surface area contributed by atoms with Gasteiger partial charge in [0, 0.05) is 5.75 Å². The summed E-state index contributed by atoms with van der Waals surface area (Å²) >= 11 is 3.48. The molecule has 5 rings (SSSR count). The second kappa shape index (κ2) is 6.76. The number of aromatic nitrogens is 2. The Morgan fingerprint density at radius 2 is 2.12 bits per heavy atom. The normalized spacial score (nSPS) is 23.7. The van der Waals surface area contributed by atoms with Crippen LogP contribution < -0.4 is 4.74 Å². The standard InChI is InChI=1S/C20H24N2OS2/c1-20(2)14-9-8-13(16(20)12-14)10-11-24-19-22-21-18(25-19)15-6-4-5-7-17(15)23-3/h4-8,14,16H,9-12H2,1-3H3. The van der Waals surface area contributed by atoms with E-state index < -0.39 is 0 Å². The summed E-state index contributed by atoms with van der Waals surface area (Å²) in [4.78, 5) is 0. The number of methoxy groups -OCH3 is 1. The molecule has 3 nitrogen and oxygen atoms in total. The Labute approximate surface area is 157 Å². The Balaban J connectivity index is 1.37. The highest BCUT2D eigenvalue weighted by Crippen LogP contribution is 2.59. The third kappa shape index (κ3) is 3.13. The predicted molar refractivity (Wildman–Crippen MR) is 105 cm³/mol. The lowest BCUT2D eigenvalue weighted by Gasteiger charge is -2.56. The van der Waals surface area contributed by atoms with E-state index in [1.54, 1.807) is 24.0 Å². The zero-order chi connectivity index (χ0) is 17.4. The monoisotopic (exact) mass is 372 g/mol. The molecule has 25 heavy (non-hydrogen) atoms. The van der Waals surface area contributed by atoms with Crippen molar-refractivity contribution < 1.29 is 4.74 Å². The van der Waals surface area contributed by atoms with Gasteiger partial charge in [0.25, 0.3) is 0 Å². The van der Waals surface area contributed by atoms with Crippen molar-refractivity contribution in [3.05, 3.63) is 35.9 Å². The predicted octanol–water partition coefficient (Wildman–Crippen LogP) is 5.69. The largest absolute Gasteiger partial charge is 0.496 e. The number of nitrogens with zero attached hydrogens (tertiary/aromatic N) is 2. The maximum Gasteiger partial charge on any atom is 0.174 e. The molecular formula is C20H24N2OS2. The summed E-state index contributed by atoms with van der Waals surface area (Å²) in [7, 11) is 1.69. The maximum atomic E-state index is 5.43. The molecule has 1 heterocycles. The highest BCUT2D eigenvalue weighted by atomic mass is 32.2. The van der Waals surface area contributed by atoms with Crippen LogP contribution in [0.3, 0.4) is 0 Å². The average Bonchev–Trinajstić information content (AvgIpc) is 3.10. The molecule has 1 aromatic heterocycles. The SMILES string of the molecule is COc1ccccc1-c1nnc(SCCC2=CCC3CC2C3(C)C)s1. The lowest BCUT2D eigenvalue weighted by atomic mass is 9.48. The van der Waals surface area contributed by atoms with Gasteiger partial charge in [-0.3, -0.25) is 0 Å². The van der Waals surface area contributed by atoms with Gasteiger partial charge in [0.1, 0.15) is 5.75 Å². The van der Waals surface area contributed by atoms with Gasteiger partial charge in [0.05, 0.1) is 12.7 Å². The number of thioether (sulfide) groups is 1. The van der Waals surface area contributed by atoms with E-state index in [1.165, 1.54) is 19.3 Å². The Hall–Kier alpha value is -1.33. The lowest BCUT2D eigenvalue weighted by Crippen LogP contribution is -2.48. The zero-order valence-corrected chi connectivity index (χ0v) is 16.6. The molecule has 2 atom stereocenters. The summed E-state index contributed by atoms with van der Waals surface area (Å²) in [6.07, 6.45) is 6.36. The van der Waals surface area contributed by atoms with Crippen molar-refractivity contribution in [3.8, 4) is 16.3 Å². The number of benzene rings is 1. The Kier molecular flexibility index (Phi) is 4.63. The van der Waals surface area contributed by atoms with Crippen LogP contribution in [0.5, 0.6) is 5.75 Å². The van der Waals surface area contributed by atoms with E-state index in [1.807, 2.05) is 36.0 Å². The molecule has 2 bridgehead atoms. The van der Waals surface area contributed by atoms with Crippen LogP contribution in [0.1, 0.15) is 33.1 Å². The van der Waals surface area contributed by atoms with Gasteiger partial charge in [-0.15, -0.1) is 10.2 Å². The van der Waals surface area contributed by atoms with Gasteiger partial charge in [-0.25, -0.2) is 0 Å². The third-order valence-electron chi connectivity index (χ3n) is 5.94. The van der Waals surface area contributed by atoms with E-state index >= 15 is 0 Å². The number of para-hydroxylation sites is 1. The van der Waals surface area contributed by atoms with Crippen LogP contribution >= 0.6 is 23.1 Å². The molecule has 3 aliphatic carbocycles. The average molecular weight is 373 g/mol. The number of fused-ring (bicyclic) bond motifs is 1. The van der Waals surface area contributed by atoms with Gasteiger partial charge >= 0.3 is 0 Å². The topological polar surface area (TPSA) is 35.0 Å². The van der Waals surface area contributed by atoms with Crippen molar-refractivity contribution in [3.63, 3.8) is 0 Å². The third-order valence-corrected chi connectivity index (χ3v) is 8.03. The van der Waals surface area contributed by atoms with E-state index in [4.69, 9.17) is 4.74 Å². The van der Waals surface area contributed by atoms with Crippen LogP contribution in [0.15, 0.2) is 40.3 Å². The fourth-order valence-electron chi connectivity index (χ4n) is 4.21. The molecule has 0 spiro atoms. The highest BCUT2D eigenvalue weighted by molar-refractivity contribution is 8.01. The van der Waals surface area contributed by atoms with Crippen molar-refractivity contribution in [1.82, 2.24) is 10.2 Å². The summed E-state index contributed by atoms with van der Waals surface area (Å²) < 4.78 is 6.47. The van der Waals surface area contributed by atoms with E-state index in [2.05, 4.69) is 30.1 Å². The van der Waals surface area contributed by atoms with Crippen LogP contribution in [-0.2, 0) is 0 Å². The first-order valence-electron chi connectivity index (χ1n) is 8.88. The van der Waals surface area contributed by atoms with Gasteiger partial charge in [0.15, 0.2) is 9.35 Å². The minimum Gasteiger partial charge on any atom is -0.496 e. The molecule has 0 amide bonds. The Morgan fingerprint density at radius 1 is 1.28 bits per heavy atom. The second-order valence-electron chi connectivity index (χ2n) is 7.49. The van der Waals surface area contributed by atoms with Crippen LogP contribution in [0.4, 0.5) is 0 Å². The van der Waals surface area contributed by atoms with Gasteiger partial charge in [-0.05, 0) is 48.6 Å². The second-order valence-corrected chi connectivity index (χ2v) is 9.81. The number of hydrogen-bond donors (Lipinski definition) is 0. The van der Waals surface area contributed by atoms with Gasteiger partial charge in [-0.2, -0.15) is 0 Å². The van der Waals surface area contributed by atoms with Gasteiger partial charge < -0.3 is 4.74 Å². The van der Waals surface area contributed by atoms with Crippen molar-refractivity contribution in [2.75, 3.05) is 12.9 Å². The van der Waals surface area contributed by atoms with Crippen molar-refractivity contribution >= 4 is 23.1 Å². The molecule has 1 saturated carbocycles. The Morgan fingerprint density at radius 3 is 2.88 bits per heavy atom. The molecule has 5 heteroatoms. The van der Waals surface area contributed by atoms with E-state index in [-0.39, 0.29) is 0 Å². The summed E-state index contributed by atoms with van der Waals surface area (Å²) in [5.41, 5.74) is 3.22. The number of ether oxygens (including phenoxy) is 1. The molecule has 1 aromatic carbocycles. The number of rotatable bonds is 6. The van der Waals surface area contributed by atoms with Crippen LogP contribution in [0.2, 0.25) is 0 Å². The summed E-state index contributed by atoms with van der Waals surface area (Å²) in [5, 5.41) is 9.65. The molecule has 132 valence electrons. The van der Waals surface area contributed by atoms with Crippen molar-refractivity contribution in [2.24, 2.45) is 17.3 Å². The minimum atomic E-state index is 0.522. The first-order valence-corrected chi connectivity index (χ1v) is 10.7. The van der Waals surface area contributed by atoms with E-state index in [0.717, 1.165) is 38.2 Å². The van der Waals surface area contributed by atoms with Crippen molar-refractivity contribution in [2.45, 2.75) is 37.4 Å².